The van der Waals surface area contributed by atoms with E-state index < -0.39 is 23.1 Å². The van der Waals surface area contributed by atoms with E-state index in [1.807, 2.05) is 0 Å². The normalized spacial score (nSPS) is 11.6. The highest BCUT2D eigenvalue weighted by atomic mass is 32.2. The molecular formula is C10H11N2O5S-. The van der Waals surface area contributed by atoms with Crippen LogP contribution in [0.4, 0.5) is 11.4 Å². The van der Waals surface area contributed by atoms with Crippen LogP contribution in [-0.4, -0.2) is 25.7 Å². The fourth-order valence-electron chi connectivity index (χ4n) is 1.16. The smallest absolute Gasteiger partial charge is 0.303 e. The first-order valence-corrected chi connectivity index (χ1v) is 6.02. The van der Waals surface area contributed by atoms with Crippen molar-refractivity contribution in [2.24, 2.45) is 0 Å². The van der Waals surface area contributed by atoms with E-state index in [1.54, 1.807) is 0 Å². The molecule has 0 aliphatic heterocycles. The standard InChI is InChI=1S/C10H12N2O5S/c13-9(5-6-10(14)15)11-7-1-3-8(4-2-7)12-18(16)17/h1-4,12H,5-6H2,(H,11,13)(H,14,15)(H,16,17)/p-1. The second kappa shape index (κ2) is 6.72. The van der Waals surface area contributed by atoms with Gasteiger partial charge in [-0.15, -0.1) is 0 Å². The molecule has 7 nitrogen and oxygen atoms in total. The summed E-state index contributed by atoms with van der Waals surface area (Å²) in [6, 6.07) is 5.97. The second-order valence-corrected chi connectivity index (χ2v) is 4.03. The lowest BCUT2D eigenvalue weighted by molar-refractivity contribution is -0.138. The van der Waals surface area contributed by atoms with Crippen molar-refractivity contribution in [1.29, 1.82) is 0 Å². The molecule has 3 N–H and O–H groups in total. The molecule has 1 aromatic carbocycles. The van der Waals surface area contributed by atoms with Crippen LogP contribution >= 0.6 is 0 Å². The summed E-state index contributed by atoms with van der Waals surface area (Å²) in [5.74, 6) is -1.45. The number of carbonyl (C=O) groups excluding carboxylic acids is 1. The van der Waals surface area contributed by atoms with E-state index in [4.69, 9.17) is 5.11 Å². The van der Waals surface area contributed by atoms with E-state index in [0.717, 1.165) is 0 Å². The van der Waals surface area contributed by atoms with Gasteiger partial charge in [0.1, 0.15) is 0 Å². The first kappa shape index (κ1) is 14.1. The predicted molar refractivity (Wildman–Crippen MR) is 64.5 cm³/mol. The Bertz CT molecular complexity index is 460. The monoisotopic (exact) mass is 271 g/mol. The molecule has 0 bridgehead atoms. The Morgan fingerprint density at radius 1 is 1.17 bits per heavy atom. The second-order valence-electron chi connectivity index (χ2n) is 3.36. The molecule has 0 saturated heterocycles. The molecule has 0 aliphatic rings. The number of carbonyl (C=O) groups is 2. The molecule has 0 aliphatic carbocycles. The van der Waals surface area contributed by atoms with Crippen molar-refractivity contribution in [2.45, 2.75) is 12.8 Å². The molecule has 1 unspecified atom stereocenters. The van der Waals surface area contributed by atoms with Crippen molar-refractivity contribution in [3.8, 4) is 0 Å². The van der Waals surface area contributed by atoms with Gasteiger partial charge in [0.05, 0.1) is 6.42 Å². The van der Waals surface area contributed by atoms with Gasteiger partial charge in [-0.3, -0.25) is 13.8 Å². The summed E-state index contributed by atoms with van der Waals surface area (Å²) in [6.07, 6.45) is -0.347. The van der Waals surface area contributed by atoms with Crippen LogP contribution in [0, 0.1) is 0 Å². The molecule has 0 saturated carbocycles. The molecule has 0 heterocycles. The molecule has 1 amide bonds. The SMILES string of the molecule is O=C(O)CCC(=O)Nc1ccc(NS(=O)[O-])cc1. The Hall–Kier alpha value is -1.93. The minimum atomic E-state index is -2.39. The molecule has 98 valence electrons. The van der Waals surface area contributed by atoms with Crippen LogP contribution in [0.25, 0.3) is 0 Å². The van der Waals surface area contributed by atoms with E-state index in [0.29, 0.717) is 11.4 Å². The fourth-order valence-corrected chi connectivity index (χ4v) is 1.49. The summed E-state index contributed by atoms with van der Waals surface area (Å²) in [4.78, 5) is 21.5. The Labute approximate surface area is 106 Å². The molecule has 0 fully saturated rings. The van der Waals surface area contributed by atoms with Gasteiger partial charge in [0.25, 0.3) is 0 Å². The third-order valence-electron chi connectivity index (χ3n) is 1.94. The molecule has 0 spiro atoms. The topological polar surface area (TPSA) is 119 Å². The number of nitrogens with one attached hydrogen (secondary N) is 2. The minimum Gasteiger partial charge on any atom is -0.755 e. The van der Waals surface area contributed by atoms with Crippen molar-refractivity contribution in [3.05, 3.63) is 24.3 Å². The fraction of sp³-hybridized carbons (Fsp3) is 0.200. The van der Waals surface area contributed by atoms with Crippen molar-refractivity contribution in [2.75, 3.05) is 10.0 Å². The minimum absolute atomic E-state index is 0.111. The number of rotatable bonds is 6. The van der Waals surface area contributed by atoms with Crippen LogP contribution in [0.5, 0.6) is 0 Å². The van der Waals surface area contributed by atoms with Gasteiger partial charge in [-0.1, -0.05) is 0 Å². The zero-order valence-electron chi connectivity index (χ0n) is 9.21. The van der Waals surface area contributed by atoms with E-state index in [2.05, 4.69) is 10.0 Å². The maximum absolute atomic E-state index is 11.3. The summed E-state index contributed by atoms with van der Waals surface area (Å²) in [5.41, 5.74) is 0.833. The lowest BCUT2D eigenvalue weighted by Gasteiger charge is -2.09. The number of hydrogen-bond acceptors (Lipinski definition) is 4. The van der Waals surface area contributed by atoms with E-state index in [1.165, 1.54) is 24.3 Å². The predicted octanol–water partition coefficient (Wildman–Crippen LogP) is 0.696. The summed E-state index contributed by atoms with van der Waals surface area (Å²) in [7, 11) is 0. The summed E-state index contributed by atoms with van der Waals surface area (Å²) in [6.45, 7) is 0. The molecule has 1 atom stereocenters. The molecule has 8 heteroatoms. The highest BCUT2D eigenvalue weighted by Crippen LogP contribution is 2.14. The molecule has 18 heavy (non-hydrogen) atoms. The molecule has 1 rings (SSSR count). The molecule has 0 radical (unpaired) electrons. The summed E-state index contributed by atoms with van der Waals surface area (Å²) < 4.78 is 22.8. The van der Waals surface area contributed by atoms with Gasteiger partial charge in [0.15, 0.2) is 0 Å². The zero-order chi connectivity index (χ0) is 13.5. The van der Waals surface area contributed by atoms with Crippen LogP contribution in [0.1, 0.15) is 12.8 Å². The summed E-state index contributed by atoms with van der Waals surface area (Å²) in [5, 5.41) is 10.9. The van der Waals surface area contributed by atoms with Gasteiger partial charge in [-0.05, 0) is 24.3 Å². The largest absolute Gasteiger partial charge is 0.755 e. The van der Waals surface area contributed by atoms with Crippen LogP contribution in [0.15, 0.2) is 24.3 Å². The average molecular weight is 271 g/mol. The zero-order valence-corrected chi connectivity index (χ0v) is 10.0. The third kappa shape index (κ3) is 5.41. The number of benzene rings is 1. The van der Waals surface area contributed by atoms with Gasteiger partial charge >= 0.3 is 5.97 Å². The van der Waals surface area contributed by atoms with Crippen molar-refractivity contribution >= 4 is 34.5 Å². The highest BCUT2D eigenvalue weighted by molar-refractivity contribution is 7.80. The van der Waals surface area contributed by atoms with Gasteiger partial charge in [0.2, 0.25) is 5.91 Å². The maximum atomic E-state index is 11.3. The van der Waals surface area contributed by atoms with Gasteiger partial charge < -0.3 is 19.7 Å². The number of aliphatic carboxylic acids is 1. The van der Waals surface area contributed by atoms with Crippen LogP contribution in [-0.2, 0) is 20.9 Å². The van der Waals surface area contributed by atoms with Gasteiger partial charge in [-0.25, -0.2) is 0 Å². The first-order chi connectivity index (χ1) is 8.47. The van der Waals surface area contributed by atoms with Gasteiger partial charge in [0, 0.05) is 29.1 Å². The number of carboxylic acid groups (broad SMARTS) is 1. The molecular weight excluding hydrogens is 260 g/mol. The quantitative estimate of drug-likeness (QED) is 0.658. The lowest BCUT2D eigenvalue weighted by Crippen LogP contribution is -2.13. The van der Waals surface area contributed by atoms with E-state index in [-0.39, 0.29) is 12.8 Å². The van der Waals surface area contributed by atoms with Crippen LogP contribution in [0.2, 0.25) is 0 Å². The van der Waals surface area contributed by atoms with Crippen LogP contribution in [0.3, 0.4) is 0 Å². The number of anilines is 2. The Morgan fingerprint density at radius 2 is 1.72 bits per heavy atom. The third-order valence-corrected chi connectivity index (χ3v) is 2.34. The number of carboxylic acids is 1. The number of hydrogen-bond donors (Lipinski definition) is 3. The van der Waals surface area contributed by atoms with Crippen molar-refractivity contribution in [1.82, 2.24) is 0 Å². The first-order valence-electron chi connectivity index (χ1n) is 4.95. The average Bonchev–Trinajstić information content (AvgIpc) is 2.28. The molecule has 1 aromatic rings. The van der Waals surface area contributed by atoms with Crippen molar-refractivity contribution in [3.63, 3.8) is 0 Å². The van der Waals surface area contributed by atoms with Crippen molar-refractivity contribution < 1.29 is 23.5 Å². The van der Waals surface area contributed by atoms with Crippen LogP contribution < -0.4 is 10.0 Å². The van der Waals surface area contributed by atoms with Gasteiger partial charge in [-0.2, -0.15) is 0 Å². The Balaban J connectivity index is 2.50. The van der Waals surface area contributed by atoms with E-state index >= 15 is 0 Å². The molecule has 0 aromatic heterocycles. The summed E-state index contributed by atoms with van der Waals surface area (Å²) >= 11 is -2.39. The van der Waals surface area contributed by atoms with E-state index in [9.17, 15) is 18.4 Å². The Morgan fingerprint density at radius 3 is 2.22 bits per heavy atom. The maximum Gasteiger partial charge on any atom is 0.303 e. The number of amides is 1. The Kier molecular flexibility index (Phi) is 5.28. The lowest BCUT2D eigenvalue weighted by atomic mass is 10.2. The highest BCUT2D eigenvalue weighted by Gasteiger charge is 2.05.